The molecule has 0 radical (unpaired) electrons. The number of aromatic nitrogens is 2. The summed E-state index contributed by atoms with van der Waals surface area (Å²) < 4.78 is 57.3. The number of nitrogens with zero attached hydrogens (tertiary/aromatic N) is 2. The van der Waals surface area contributed by atoms with E-state index in [1.807, 2.05) is 0 Å². The molecule has 0 amide bonds. The number of hydrogen-bond donors (Lipinski definition) is 1. The highest BCUT2D eigenvalue weighted by atomic mass is 19.4. The second-order valence-electron chi connectivity index (χ2n) is 6.37. The molecule has 1 aliphatic carbocycles. The van der Waals surface area contributed by atoms with Crippen molar-refractivity contribution in [1.29, 1.82) is 0 Å². The van der Waals surface area contributed by atoms with Crippen molar-refractivity contribution in [3.8, 4) is 22.3 Å². The van der Waals surface area contributed by atoms with Gasteiger partial charge in [-0.15, -0.1) is 0 Å². The molecule has 140 valence electrons. The molecular weight excluding hydrogens is 364 g/mol. The molecule has 1 unspecified atom stereocenters. The van der Waals surface area contributed by atoms with Crippen LogP contribution < -0.4 is 0 Å². The predicted molar refractivity (Wildman–Crippen MR) is 90.6 cm³/mol. The maximum Gasteiger partial charge on any atom is 0.425 e. The standard InChI is InChI=1S/C19H14F4N2O2/c20-12-7-14(11-9-24-25(10-11)5-6-26)17-13-3-1-2-4-15(13)18(27,16(17)8-12)19(21,22)23/h1-4,7-10,26-27H,5-6H2/p+1. The Balaban J connectivity index is 2.04. The van der Waals surface area contributed by atoms with Crippen molar-refractivity contribution in [2.75, 3.05) is 6.61 Å². The van der Waals surface area contributed by atoms with Crippen molar-refractivity contribution in [2.45, 2.75) is 18.3 Å². The van der Waals surface area contributed by atoms with Crippen LogP contribution in [0.25, 0.3) is 22.3 Å². The number of aliphatic hydroxyl groups is 1. The van der Waals surface area contributed by atoms with Gasteiger partial charge in [-0.2, -0.15) is 18.3 Å². The van der Waals surface area contributed by atoms with Gasteiger partial charge >= 0.3 is 6.18 Å². The summed E-state index contributed by atoms with van der Waals surface area (Å²) >= 11 is 0. The summed E-state index contributed by atoms with van der Waals surface area (Å²) in [7, 11) is 0. The van der Waals surface area contributed by atoms with E-state index in [-0.39, 0.29) is 28.9 Å². The van der Waals surface area contributed by atoms with Crippen molar-refractivity contribution >= 4 is 0 Å². The van der Waals surface area contributed by atoms with Crippen molar-refractivity contribution in [3.05, 3.63) is 65.7 Å². The van der Waals surface area contributed by atoms with Gasteiger partial charge in [-0.1, -0.05) is 24.3 Å². The molecule has 8 heteroatoms. The monoisotopic (exact) mass is 379 g/mol. The van der Waals surface area contributed by atoms with Gasteiger partial charge in [0.2, 0.25) is 5.60 Å². The van der Waals surface area contributed by atoms with Crippen LogP contribution in [-0.2, 0) is 12.1 Å². The van der Waals surface area contributed by atoms with Crippen LogP contribution in [0.15, 0.2) is 48.8 Å². The number of halogens is 4. The Bertz CT molecular complexity index is 1030. The van der Waals surface area contributed by atoms with Crippen molar-refractivity contribution in [1.82, 2.24) is 9.78 Å². The number of alkyl halides is 3. The summed E-state index contributed by atoms with van der Waals surface area (Å²) in [4.78, 5) is 0. The van der Waals surface area contributed by atoms with E-state index in [0.29, 0.717) is 12.1 Å². The summed E-state index contributed by atoms with van der Waals surface area (Å²) in [5.41, 5.74) is -3.16. The first-order chi connectivity index (χ1) is 12.8. The first-order valence-electron chi connectivity index (χ1n) is 8.18. The van der Waals surface area contributed by atoms with E-state index >= 15 is 0 Å². The average molecular weight is 379 g/mol. The smallest absolute Gasteiger partial charge is 0.425 e. The lowest BCUT2D eigenvalue weighted by Crippen LogP contribution is -2.41. The number of benzene rings is 2. The highest BCUT2D eigenvalue weighted by Crippen LogP contribution is 2.57. The highest BCUT2D eigenvalue weighted by Gasteiger charge is 2.61. The third kappa shape index (κ3) is 2.48. The van der Waals surface area contributed by atoms with E-state index in [1.54, 1.807) is 12.3 Å². The van der Waals surface area contributed by atoms with E-state index in [0.717, 1.165) is 12.1 Å². The van der Waals surface area contributed by atoms with Crippen LogP contribution in [0.5, 0.6) is 0 Å². The maximum absolute atomic E-state index is 14.3. The lowest BCUT2D eigenvalue weighted by molar-refractivity contribution is -0.246. The molecule has 4 rings (SSSR count). The second-order valence-corrected chi connectivity index (χ2v) is 6.37. The van der Waals surface area contributed by atoms with Crippen molar-refractivity contribution in [3.63, 3.8) is 0 Å². The van der Waals surface area contributed by atoms with Gasteiger partial charge in [0, 0.05) is 22.9 Å². The van der Waals surface area contributed by atoms with E-state index < -0.39 is 23.2 Å². The number of rotatable bonds is 3. The zero-order chi connectivity index (χ0) is 19.4. The zero-order valence-corrected chi connectivity index (χ0v) is 13.9. The number of fused-ring (bicyclic) bond motifs is 3. The molecule has 0 aliphatic heterocycles. The molecule has 1 aliphatic rings. The largest absolute Gasteiger partial charge is 0.444 e. The molecule has 2 aromatic carbocycles. The lowest BCUT2D eigenvalue weighted by Gasteiger charge is -2.28. The minimum Gasteiger partial charge on any atom is -0.444 e. The van der Waals surface area contributed by atoms with E-state index in [9.17, 15) is 22.7 Å². The van der Waals surface area contributed by atoms with Gasteiger partial charge in [-0.25, -0.2) is 4.39 Å². The van der Waals surface area contributed by atoms with Crippen LogP contribution in [0.3, 0.4) is 0 Å². The van der Waals surface area contributed by atoms with Crippen LogP contribution >= 0.6 is 0 Å². The second kappa shape index (κ2) is 5.90. The minimum atomic E-state index is -5.02. The van der Waals surface area contributed by atoms with Gasteiger partial charge in [0.25, 0.3) is 0 Å². The Morgan fingerprint density at radius 3 is 2.56 bits per heavy atom. The van der Waals surface area contributed by atoms with Gasteiger partial charge in [-0.3, -0.25) is 4.68 Å². The molecule has 27 heavy (non-hydrogen) atoms. The molecule has 4 nitrogen and oxygen atoms in total. The van der Waals surface area contributed by atoms with Crippen LogP contribution in [-0.4, -0.2) is 32.8 Å². The molecule has 1 aromatic heterocycles. The SMILES string of the molecule is OC1(C(F)(F)F)c2ccccc2-c2c(-c3cnn(CC[OH2+])c3)cc(F)cc21. The third-order valence-corrected chi connectivity index (χ3v) is 4.77. The fourth-order valence-electron chi connectivity index (χ4n) is 3.62. The Hall–Kier alpha value is -2.71. The lowest BCUT2D eigenvalue weighted by atomic mass is 9.89. The summed E-state index contributed by atoms with van der Waals surface area (Å²) in [6.07, 6.45) is -2.05. The fraction of sp³-hybridized carbons (Fsp3) is 0.211. The summed E-state index contributed by atoms with van der Waals surface area (Å²) in [5, 5.41) is 22.0. The Morgan fingerprint density at radius 1 is 1.11 bits per heavy atom. The molecule has 0 spiro atoms. The molecule has 0 fully saturated rings. The van der Waals surface area contributed by atoms with Crippen LogP contribution in [0.1, 0.15) is 11.1 Å². The van der Waals surface area contributed by atoms with Gasteiger partial charge in [0.15, 0.2) is 6.61 Å². The first-order valence-corrected chi connectivity index (χ1v) is 8.18. The molecule has 0 saturated heterocycles. The Kier molecular flexibility index (Phi) is 3.87. The predicted octanol–water partition coefficient (Wildman–Crippen LogP) is 3.19. The van der Waals surface area contributed by atoms with Crippen LogP contribution in [0.4, 0.5) is 17.6 Å². The Morgan fingerprint density at radius 2 is 1.85 bits per heavy atom. The number of hydrogen-bond acceptors (Lipinski definition) is 2. The normalized spacial score (nSPS) is 18.4. The quantitative estimate of drug-likeness (QED) is 0.561. The summed E-state index contributed by atoms with van der Waals surface area (Å²) in [5.74, 6) is -0.882. The minimum absolute atomic E-state index is 0.0824. The van der Waals surface area contributed by atoms with Gasteiger partial charge in [-0.05, 0) is 28.8 Å². The molecule has 0 bridgehead atoms. The zero-order valence-electron chi connectivity index (χ0n) is 13.9. The molecule has 3 aromatic rings. The molecule has 0 saturated carbocycles. The fourth-order valence-corrected chi connectivity index (χ4v) is 3.62. The highest BCUT2D eigenvalue weighted by molar-refractivity contribution is 5.92. The maximum atomic E-state index is 14.3. The van der Waals surface area contributed by atoms with E-state index in [1.165, 1.54) is 29.1 Å². The summed E-state index contributed by atoms with van der Waals surface area (Å²) in [6.45, 7) is 0.389. The molecular formula is C19H15F4N2O2+. The van der Waals surface area contributed by atoms with Gasteiger partial charge in [0.05, 0.1) is 6.20 Å². The Labute approximate surface area is 151 Å². The molecule has 1 heterocycles. The first kappa shape index (κ1) is 17.7. The van der Waals surface area contributed by atoms with Crippen molar-refractivity contribution < 1.29 is 27.8 Å². The van der Waals surface area contributed by atoms with Gasteiger partial charge in [0.1, 0.15) is 12.4 Å². The van der Waals surface area contributed by atoms with Gasteiger partial charge < -0.3 is 10.2 Å². The van der Waals surface area contributed by atoms with Crippen LogP contribution in [0.2, 0.25) is 0 Å². The summed E-state index contributed by atoms with van der Waals surface area (Å²) in [6, 6.07) is 7.53. The van der Waals surface area contributed by atoms with E-state index in [4.69, 9.17) is 5.11 Å². The van der Waals surface area contributed by atoms with E-state index in [2.05, 4.69) is 5.10 Å². The average Bonchev–Trinajstić information content (AvgIpc) is 3.17. The molecule has 1 atom stereocenters. The van der Waals surface area contributed by atoms with Crippen LogP contribution in [0, 0.1) is 5.82 Å². The van der Waals surface area contributed by atoms with Crippen molar-refractivity contribution in [2.24, 2.45) is 0 Å². The molecule has 3 N–H and O–H groups in total. The third-order valence-electron chi connectivity index (χ3n) is 4.77. The topological polar surface area (TPSA) is 61.0 Å².